The molecule has 0 spiro atoms. The number of hydrogen-bond acceptors (Lipinski definition) is 63. The van der Waals surface area contributed by atoms with Gasteiger partial charge >= 0.3 is 110 Å². The number of carboxylic acid groups (broad SMARTS) is 10. The Hall–Kier alpha value is -8.04. The molecule has 0 aromatic heterocycles. The quantitative estimate of drug-likeness (QED) is 0.0199. The van der Waals surface area contributed by atoms with Crippen molar-refractivity contribution in [3.8, 4) is 0 Å². The van der Waals surface area contributed by atoms with Gasteiger partial charge in [-0.15, -0.1) is 0 Å². The van der Waals surface area contributed by atoms with Gasteiger partial charge in [-0.25, -0.2) is 33.6 Å². The smallest absolute Gasteiger partial charge is 0.547 e. The molecule has 70 nitrogen and oxygen atoms in total. The largest absolute Gasteiger partial charge is 2.00 e. The number of carbonyl (C=O) groups is 20. The third kappa shape index (κ3) is 60.3. The van der Waals surface area contributed by atoms with Crippen molar-refractivity contribution in [2.75, 3.05) is 0 Å². The first-order valence-corrected chi connectivity index (χ1v) is 33.1. The first-order valence-electron chi connectivity index (χ1n) is 33.1. The maximum Gasteiger partial charge on any atom is 2.00 e. The Bertz CT molecular complexity index is 2630. The Morgan fingerprint density at radius 1 is 0.144 bits per heavy atom. The molecule has 0 unspecified atom stereocenters. The number of carboxylic acids is 10. The van der Waals surface area contributed by atoms with Gasteiger partial charge in [-0.2, -0.15) is 0 Å². The zero-order valence-corrected chi connectivity index (χ0v) is 69.9. The Kier molecular flexibility index (Phi) is 89.7. The molecule has 0 aliphatic rings. The molecule has 0 heterocycles. The summed E-state index contributed by atoms with van der Waals surface area (Å²) in [6, 6.07) is 0. The number of aliphatic hydroxyl groups is 40. The van der Waals surface area contributed by atoms with E-state index >= 15 is 0 Å². The fraction of sp³-hybridized carbons (Fsp3) is 0.667. The molecule has 40 atom stereocenters. The minimum atomic E-state index is -2.36. The van der Waals surface area contributed by atoms with E-state index in [-0.39, 0.29) is 131 Å². The van der Waals surface area contributed by atoms with Crippen LogP contribution in [0.25, 0.3) is 0 Å². The van der Waals surface area contributed by atoms with Crippen LogP contribution >= 0.6 is 0 Å². The molecule has 0 radical (unpaired) electrons. The number of aliphatic hydroxyl groups excluding tert-OH is 40. The zero-order chi connectivity index (χ0) is 106. The van der Waals surface area contributed by atoms with E-state index in [2.05, 4.69) is 0 Å². The van der Waals surface area contributed by atoms with Crippen LogP contribution < -0.4 is 66.7 Å². The van der Waals surface area contributed by atoms with Crippen molar-refractivity contribution in [3.05, 3.63) is 0 Å². The van der Waals surface area contributed by atoms with Crippen LogP contribution in [0.3, 0.4) is 0 Å². The second-order valence-corrected chi connectivity index (χ2v) is 23.9. The minimum absolute atomic E-state index is 0. The van der Waals surface area contributed by atoms with Gasteiger partial charge in [0.25, 0.3) is 0 Å². The van der Waals surface area contributed by atoms with Gasteiger partial charge in [0.05, 0.1) is 17.9 Å². The third-order valence-corrected chi connectivity index (χ3v) is 14.1. The minimum Gasteiger partial charge on any atom is -0.547 e. The fourth-order valence-electron chi connectivity index (χ4n) is 6.13. The molecular weight excluding hydrogens is 1940 g/mol. The van der Waals surface area contributed by atoms with Crippen LogP contribution in [0.1, 0.15) is 0 Å². The van der Waals surface area contributed by atoms with E-state index in [1.165, 1.54) is 0 Å². The normalized spacial score (nSPS) is 19.7. The van der Waals surface area contributed by atoms with Crippen LogP contribution in [0, 0.1) is 0 Å². The molecule has 0 aromatic rings. The molecule has 0 aromatic carbocycles. The predicted octanol–water partition coefficient (Wildman–Crippen LogP) is -39.9. The van der Waals surface area contributed by atoms with Gasteiger partial charge in [0.2, 0.25) is 0 Å². The molecule has 0 saturated carbocycles. The second kappa shape index (κ2) is 79.2. The van der Waals surface area contributed by atoms with E-state index in [0.717, 1.165) is 0 Å². The van der Waals surface area contributed by atoms with Crippen molar-refractivity contribution < 1.29 is 420 Å². The summed E-state index contributed by atoms with van der Waals surface area (Å²) >= 11 is 0. The zero-order valence-electron chi connectivity index (χ0n) is 65.6. The van der Waals surface area contributed by atoms with E-state index in [1.807, 2.05) is 0 Å². The maximum absolute atomic E-state index is 10.1. The van der Waals surface area contributed by atoms with Crippen LogP contribution in [0.2, 0.25) is 0 Å². The average molecular weight is 2030 g/mol. The van der Waals surface area contributed by atoms with Crippen molar-refractivity contribution >= 4 is 123 Å². The van der Waals surface area contributed by atoms with Crippen molar-refractivity contribution in [3.63, 3.8) is 0 Å². The molecule has 0 aliphatic carbocycles. The van der Waals surface area contributed by atoms with Crippen LogP contribution in [-0.2, 0) is 113 Å². The molecule has 0 bridgehead atoms. The van der Waals surface area contributed by atoms with E-state index in [0.29, 0.717) is 0 Å². The Labute approximate surface area is 782 Å². The molecule has 766 valence electrons. The summed E-state index contributed by atoms with van der Waals surface area (Å²) in [4.78, 5) is 199. The molecule has 0 amide bonds. The SMILES string of the molecule is O=C[C@H](O)[C@@H](O)[C@@H](O)[C@H](O)C(=O)O.O=C[C@H](O)[C@@H](O)[C@@H](O)[C@H](O)C(=O)O.O=C[C@H](O)[C@@H](O)[C@@H](O)[C@H](O)C(=O)O.O=C[C@H](O)[C@@H](O)[C@@H](O)[C@H](O)C(=O)O.O=C[C@H](O)[C@@H](O)[C@@H](O)[C@H](O)C(=O)O.O=C[C@H](O)[C@@H](O)[C@@H](O)[C@H](O)C(=O)O.O=C[C@H](O)[C@@H](O)[C@@H](O)[C@H](O)C(=O)O.O=C[C@H](O)[C@@H](O)[C@@H](O)[C@H](O)C(=O)[O-].O=C[C@H](O)[C@@H](O)[C@@H](O)[C@H](O)C(=O)[O-].O=C[C@H](O)[C@@H](O)[C@@H](O)[C@H](O)C(=O)[O-].[Fe+2].[K+]. The Morgan fingerprint density at radius 3 is 0.250 bits per heavy atom. The molecule has 0 fully saturated rings. The van der Waals surface area contributed by atoms with Gasteiger partial charge in [0.15, 0.2) is 106 Å². The summed E-state index contributed by atoms with van der Waals surface area (Å²) < 4.78 is 0. The number of carbonyl (C=O) groups excluding carboxylic acids is 13. The van der Waals surface area contributed by atoms with Gasteiger partial charge in [0, 0.05) is 0 Å². The number of aldehydes is 10. The first-order chi connectivity index (χ1) is 59.1. The van der Waals surface area contributed by atoms with Gasteiger partial charge in [0.1, 0.15) is 201 Å². The monoisotopic (exact) mass is 2030 g/mol. The van der Waals surface area contributed by atoms with Crippen LogP contribution in [0.15, 0.2) is 0 Å². The number of aliphatic carboxylic acids is 10. The molecule has 132 heavy (non-hydrogen) atoms. The number of rotatable bonds is 50. The second-order valence-electron chi connectivity index (χ2n) is 23.9. The van der Waals surface area contributed by atoms with Crippen LogP contribution in [-0.4, -0.2) is 607 Å². The standard InChI is InChI=1S/10C6H10O7.Fe.K/c10*7-1-2(8)3(9)4(10)5(11)6(12)13;;/h10*1-5,8-11H,(H,12,13);;/q;;;;;;;;;;+2;+1/p-3/t10*2-,3+,4+,5-;;/m0000000000../s1. The van der Waals surface area contributed by atoms with Gasteiger partial charge in [-0.05, 0) is 0 Å². The van der Waals surface area contributed by atoms with E-state index < -0.39 is 304 Å². The Morgan fingerprint density at radius 2 is 0.205 bits per heavy atom. The molecule has 0 aliphatic heterocycles. The van der Waals surface area contributed by atoms with E-state index in [4.69, 9.17) is 240 Å². The summed E-state index contributed by atoms with van der Waals surface area (Å²) in [5.74, 6) is -18.3. The maximum atomic E-state index is 10.1. The summed E-state index contributed by atoms with van der Waals surface area (Å²) in [6.07, 6.45) is -84.7. The van der Waals surface area contributed by atoms with Gasteiger partial charge in [-0.3, -0.25) is 0 Å². The van der Waals surface area contributed by atoms with Crippen molar-refractivity contribution in [2.45, 2.75) is 244 Å². The van der Waals surface area contributed by atoms with Gasteiger partial charge < -0.3 is 318 Å². The summed E-state index contributed by atoms with van der Waals surface area (Å²) in [6.45, 7) is 0. The fourth-order valence-corrected chi connectivity index (χ4v) is 6.13. The third-order valence-electron chi connectivity index (χ3n) is 14.1. The summed E-state index contributed by atoms with van der Waals surface area (Å²) in [5.41, 5.74) is 0. The van der Waals surface area contributed by atoms with E-state index in [9.17, 15) is 111 Å². The predicted molar refractivity (Wildman–Crippen MR) is 369 cm³/mol. The van der Waals surface area contributed by atoms with Crippen molar-refractivity contribution in [1.82, 2.24) is 0 Å². The Balaban J connectivity index is -0.000000121. The molecule has 72 heteroatoms. The van der Waals surface area contributed by atoms with Crippen molar-refractivity contribution in [2.24, 2.45) is 0 Å². The van der Waals surface area contributed by atoms with E-state index in [1.54, 1.807) is 0 Å². The summed E-state index contributed by atoms with van der Waals surface area (Å²) in [7, 11) is 0. The topological polar surface area (TPSA) is 1360 Å². The molecule has 47 N–H and O–H groups in total. The summed E-state index contributed by atoms with van der Waals surface area (Å²) in [5, 5.41) is 437. The molecular formula is C60H97FeKO70. The first kappa shape index (κ1) is 150. The van der Waals surface area contributed by atoms with Gasteiger partial charge in [-0.1, -0.05) is 0 Å². The van der Waals surface area contributed by atoms with Crippen LogP contribution in [0.4, 0.5) is 0 Å². The molecule has 0 saturated heterocycles. The van der Waals surface area contributed by atoms with Crippen LogP contribution in [0.5, 0.6) is 0 Å². The molecule has 0 rings (SSSR count). The number of hydrogen-bond donors (Lipinski definition) is 47. The van der Waals surface area contributed by atoms with Crippen molar-refractivity contribution in [1.29, 1.82) is 0 Å². The average Bonchev–Trinajstić information content (AvgIpc) is 0.955.